The lowest BCUT2D eigenvalue weighted by atomic mass is 9.97. The number of rotatable bonds is 3. The highest BCUT2D eigenvalue weighted by Crippen LogP contribution is 2.32. The fourth-order valence-corrected chi connectivity index (χ4v) is 4.20. The van der Waals surface area contributed by atoms with Crippen molar-refractivity contribution in [2.24, 2.45) is 0 Å². The molecular formula is C18H24ClN3. The van der Waals surface area contributed by atoms with Crippen molar-refractivity contribution in [2.45, 2.75) is 38.1 Å². The summed E-state index contributed by atoms with van der Waals surface area (Å²) in [5.74, 6) is 0. The Bertz CT molecular complexity index is 658. The Labute approximate surface area is 137 Å². The molecule has 0 radical (unpaired) electrons. The molecule has 22 heavy (non-hydrogen) atoms. The summed E-state index contributed by atoms with van der Waals surface area (Å²) in [6.45, 7) is 4.84. The number of aromatic nitrogens is 1. The summed E-state index contributed by atoms with van der Waals surface area (Å²) in [5, 5.41) is 5.86. The number of piperidine rings is 1. The van der Waals surface area contributed by atoms with E-state index in [-0.39, 0.29) is 0 Å². The molecule has 2 N–H and O–H groups in total. The Morgan fingerprint density at radius 2 is 2.05 bits per heavy atom. The maximum Gasteiger partial charge on any atom is 0.0488 e. The first-order valence-corrected chi connectivity index (χ1v) is 8.95. The quantitative estimate of drug-likeness (QED) is 0.900. The highest BCUT2D eigenvalue weighted by Gasteiger charge is 2.24. The second kappa shape index (κ2) is 6.23. The van der Waals surface area contributed by atoms with Gasteiger partial charge in [0.25, 0.3) is 0 Å². The van der Waals surface area contributed by atoms with Gasteiger partial charge in [-0.25, -0.2) is 0 Å². The summed E-state index contributed by atoms with van der Waals surface area (Å²) in [6.07, 6.45) is 6.44. The standard InChI is InChI=1S/C18H24ClN3/c19-13-4-5-14-15-6-8-20-16(18(15)21-17(14)12-13)7-11-22-9-2-1-3-10-22/h4-5,12,16,20-21H,1-3,6-11H2/t16-/m0/s1. The van der Waals surface area contributed by atoms with Crippen LogP contribution in [0.2, 0.25) is 5.02 Å². The van der Waals surface area contributed by atoms with Crippen molar-refractivity contribution in [1.29, 1.82) is 0 Å². The van der Waals surface area contributed by atoms with Gasteiger partial charge in [-0.3, -0.25) is 0 Å². The Morgan fingerprint density at radius 1 is 1.18 bits per heavy atom. The van der Waals surface area contributed by atoms with E-state index in [4.69, 9.17) is 11.6 Å². The second-order valence-corrected chi connectivity index (χ2v) is 7.09. The number of halogens is 1. The van der Waals surface area contributed by atoms with E-state index in [1.54, 1.807) is 0 Å². The Morgan fingerprint density at radius 3 is 2.91 bits per heavy atom. The van der Waals surface area contributed by atoms with E-state index in [0.29, 0.717) is 6.04 Å². The molecule has 2 aliphatic rings. The topological polar surface area (TPSA) is 31.1 Å². The third kappa shape index (κ3) is 2.78. The van der Waals surface area contributed by atoms with Crippen molar-refractivity contribution >= 4 is 22.5 Å². The normalized spacial score (nSPS) is 22.9. The van der Waals surface area contributed by atoms with Gasteiger partial charge in [-0.2, -0.15) is 0 Å². The molecule has 0 bridgehead atoms. The summed E-state index contributed by atoms with van der Waals surface area (Å²) in [6, 6.07) is 6.68. The first-order valence-electron chi connectivity index (χ1n) is 8.57. The van der Waals surface area contributed by atoms with Gasteiger partial charge in [-0.05, 0) is 69.6 Å². The van der Waals surface area contributed by atoms with Gasteiger partial charge >= 0.3 is 0 Å². The van der Waals surface area contributed by atoms with Crippen LogP contribution < -0.4 is 5.32 Å². The lowest BCUT2D eigenvalue weighted by molar-refractivity contribution is 0.215. The predicted molar refractivity (Wildman–Crippen MR) is 92.7 cm³/mol. The summed E-state index contributed by atoms with van der Waals surface area (Å²) >= 11 is 6.14. The smallest absolute Gasteiger partial charge is 0.0488 e. The zero-order valence-corrected chi connectivity index (χ0v) is 13.8. The highest BCUT2D eigenvalue weighted by molar-refractivity contribution is 6.31. The molecule has 4 heteroatoms. The number of aromatic amines is 1. The van der Waals surface area contributed by atoms with Gasteiger partial charge in [0, 0.05) is 27.7 Å². The van der Waals surface area contributed by atoms with Crippen LogP contribution in [-0.2, 0) is 6.42 Å². The van der Waals surface area contributed by atoms with Gasteiger partial charge in [0.1, 0.15) is 0 Å². The van der Waals surface area contributed by atoms with E-state index in [1.807, 2.05) is 6.07 Å². The number of hydrogen-bond acceptors (Lipinski definition) is 2. The molecule has 0 amide bonds. The monoisotopic (exact) mass is 317 g/mol. The largest absolute Gasteiger partial charge is 0.357 e. The average Bonchev–Trinajstić information content (AvgIpc) is 2.92. The summed E-state index contributed by atoms with van der Waals surface area (Å²) in [7, 11) is 0. The number of hydrogen-bond donors (Lipinski definition) is 2. The molecule has 2 aromatic rings. The molecule has 1 aromatic carbocycles. The molecule has 4 rings (SSSR count). The van der Waals surface area contributed by atoms with Crippen molar-refractivity contribution in [3.8, 4) is 0 Å². The van der Waals surface area contributed by atoms with Crippen molar-refractivity contribution in [3.05, 3.63) is 34.5 Å². The number of likely N-dealkylation sites (tertiary alicyclic amines) is 1. The van der Waals surface area contributed by atoms with Crippen LogP contribution in [0.25, 0.3) is 10.9 Å². The summed E-state index contributed by atoms with van der Waals surface area (Å²) in [4.78, 5) is 6.25. The van der Waals surface area contributed by atoms with Gasteiger partial charge in [0.05, 0.1) is 0 Å². The molecule has 3 heterocycles. The molecule has 0 aliphatic carbocycles. The zero-order valence-electron chi connectivity index (χ0n) is 13.0. The third-order valence-corrected chi connectivity index (χ3v) is 5.43. The molecule has 0 spiro atoms. The van der Waals surface area contributed by atoms with Crippen LogP contribution in [0.5, 0.6) is 0 Å². The van der Waals surface area contributed by atoms with Crippen molar-refractivity contribution < 1.29 is 0 Å². The SMILES string of the molecule is Clc1ccc2c3c([nH]c2c1)[C@H](CCN1CCCCC1)NCC3. The number of nitrogens with zero attached hydrogens (tertiary/aromatic N) is 1. The maximum absolute atomic E-state index is 6.14. The second-order valence-electron chi connectivity index (χ2n) is 6.65. The summed E-state index contributed by atoms with van der Waals surface area (Å²) < 4.78 is 0. The van der Waals surface area contributed by atoms with Crippen LogP contribution in [0, 0.1) is 0 Å². The maximum atomic E-state index is 6.14. The Kier molecular flexibility index (Phi) is 4.12. The van der Waals surface area contributed by atoms with Crippen LogP contribution in [0.4, 0.5) is 0 Å². The fourth-order valence-electron chi connectivity index (χ4n) is 4.03. The molecule has 1 atom stereocenters. The zero-order chi connectivity index (χ0) is 14.9. The Hall–Kier alpha value is -1.03. The van der Waals surface area contributed by atoms with E-state index in [2.05, 4.69) is 27.3 Å². The van der Waals surface area contributed by atoms with E-state index < -0.39 is 0 Å². The van der Waals surface area contributed by atoms with Gasteiger partial charge in [-0.15, -0.1) is 0 Å². The fraction of sp³-hybridized carbons (Fsp3) is 0.556. The average molecular weight is 318 g/mol. The molecule has 1 aromatic heterocycles. The Balaban J connectivity index is 1.54. The van der Waals surface area contributed by atoms with Crippen LogP contribution in [0.15, 0.2) is 18.2 Å². The van der Waals surface area contributed by atoms with Gasteiger partial charge < -0.3 is 15.2 Å². The first-order chi connectivity index (χ1) is 10.8. The van der Waals surface area contributed by atoms with Crippen molar-refractivity contribution in [3.63, 3.8) is 0 Å². The lowest BCUT2D eigenvalue weighted by Gasteiger charge is -2.30. The third-order valence-electron chi connectivity index (χ3n) is 5.20. The molecule has 118 valence electrons. The van der Waals surface area contributed by atoms with E-state index in [1.165, 1.54) is 67.5 Å². The molecule has 0 saturated carbocycles. The number of benzene rings is 1. The van der Waals surface area contributed by atoms with E-state index >= 15 is 0 Å². The molecule has 1 saturated heterocycles. The van der Waals surface area contributed by atoms with Crippen LogP contribution in [-0.4, -0.2) is 36.1 Å². The lowest BCUT2D eigenvalue weighted by Crippen LogP contribution is -2.35. The number of nitrogens with one attached hydrogen (secondary N) is 2. The van der Waals surface area contributed by atoms with Crippen LogP contribution in [0.1, 0.15) is 43.0 Å². The molecule has 2 aliphatic heterocycles. The van der Waals surface area contributed by atoms with E-state index in [0.717, 1.165) is 18.0 Å². The molecule has 3 nitrogen and oxygen atoms in total. The summed E-state index contributed by atoms with van der Waals surface area (Å²) in [5.41, 5.74) is 4.07. The van der Waals surface area contributed by atoms with Crippen molar-refractivity contribution in [2.75, 3.05) is 26.2 Å². The molecule has 0 unspecified atom stereocenters. The minimum Gasteiger partial charge on any atom is -0.357 e. The predicted octanol–water partition coefficient (Wildman–Crippen LogP) is 3.88. The molecule has 1 fully saturated rings. The highest BCUT2D eigenvalue weighted by atomic mass is 35.5. The van der Waals surface area contributed by atoms with Gasteiger partial charge in [-0.1, -0.05) is 24.1 Å². The van der Waals surface area contributed by atoms with Gasteiger partial charge in [0.15, 0.2) is 0 Å². The van der Waals surface area contributed by atoms with Crippen LogP contribution >= 0.6 is 11.6 Å². The number of H-pyrrole nitrogens is 1. The van der Waals surface area contributed by atoms with Gasteiger partial charge in [0.2, 0.25) is 0 Å². The van der Waals surface area contributed by atoms with Crippen LogP contribution in [0.3, 0.4) is 0 Å². The first kappa shape index (κ1) is 14.6. The molecular weight excluding hydrogens is 294 g/mol. The van der Waals surface area contributed by atoms with E-state index in [9.17, 15) is 0 Å². The minimum absolute atomic E-state index is 0.455. The minimum atomic E-state index is 0.455. The van der Waals surface area contributed by atoms with Crippen molar-refractivity contribution in [1.82, 2.24) is 15.2 Å². The number of fused-ring (bicyclic) bond motifs is 3.